The van der Waals surface area contributed by atoms with Crippen molar-refractivity contribution in [1.29, 1.82) is 5.26 Å². The first-order chi connectivity index (χ1) is 15.4. The number of para-hydroxylation sites is 1. The van der Waals surface area contributed by atoms with Gasteiger partial charge in [0, 0.05) is 25.1 Å². The van der Waals surface area contributed by atoms with E-state index in [0.717, 1.165) is 5.56 Å². The van der Waals surface area contributed by atoms with Gasteiger partial charge >= 0.3 is 5.97 Å². The number of hydrogen-bond donors (Lipinski definition) is 1. The summed E-state index contributed by atoms with van der Waals surface area (Å²) in [5.74, 6) is -0.980. The van der Waals surface area contributed by atoms with Gasteiger partial charge in [-0.05, 0) is 31.5 Å². The Morgan fingerprint density at radius 2 is 1.62 bits per heavy atom. The number of anilines is 1. The van der Waals surface area contributed by atoms with Gasteiger partial charge in [0.25, 0.3) is 0 Å². The summed E-state index contributed by atoms with van der Waals surface area (Å²) in [7, 11) is 0. The van der Waals surface area contributed by atoms with Crippen LogP contribution in [0.4, 0.5) is 5.69 Å². The van der Waals surface area contributed by atoms with Crippen molar-refractivity contribution >= 4 is 23.5 Å². The Hall–Kier alpha value is -3.66. The number of carbonyl (C=O) groups is 3. The van der Waals surface area contributed by atoms with Crippen LogP contribution in [0, 0.1) is 11.3 Å². The Kier molecular flexibility index (Phi) is 9.92. The summed E-state index contributed by atoms with van der Waals surface area (Å²) in [5, 5.41) is 11.8. The molecule has 0 heterocycles. The smallest absolute Gasteiger partial charge is 0.308 e. The molecule has 1 unspecified atom stereocenters. The van der Waals surface area contributed by atoms with Crippen LogP contribution >= 0.6 is 0 Å². The first-order valence-electron chi connectivity index (χ1n) is 10.7. The summed E-state index contributed by atoms with van der Waals surface area (Å²) in [6.45, 7) is 3.80. The molecule has 0 bridgehead atoms. The Bertz CT molecular complexity index is 923. The highest BCUT2D eigenvalue weighted by Gasteiger charge is 2.22. The molecule has 32 heavy (non-hydrogen) atoms. The van der Waals surface area contributed by atoms with E-state index in [1.165, 1.54) is 4.90 Å². The van der Waals surface area contributed by atoms with Gasteiger partial charge < -0.3 is 15.0 Å². The quantitative estimate of drug-likeness (QED) is 0.540. The van der Waals surface area contributed by atoms with Crippen molar-refractivity contribution in [2.45, 2.75) is 51.7 Å². The van der Waals surface area contributed by atoms with Crippen molar-refractivity contribution in [3.63, 3.8) is 0 Å². The maximum atomic E-state index is 12.8. The molecular weight excluding hydrogens is 406 g/mol. The summed E-state index contributed by atoms with van der Waals surface area (Å²) >= 11 is 0. The van der Waals surface area contributed by atoms with Crippen LogP contribution < -0.4 is 10.2 Å². The van der Waals surface area contributed by atoms with E-state index in [1.54, 1.807) is 26.0 Å². The fraction of sp³-hybridized carbons (Fsp3) is 0.360. The van der Waals surface area contributed by atoms with E-state index >= 15 is 0 Å². The van der Waals surface area contributed by atoms with Gasteiger partial charge in [0.05, 0.1) is 31.1 Å². The molecule has 168 valence electrons. The zero-order chi connectivity index (χ0) is 23.3. The van der Waals surface area contributed by atoms with Gasteiger partial charge in [-0.25, -0.2) is 0 Å². The van der Waals surface area contributed by atoms with Gasteiger partial charge in [-0.15, -0.1) is 0 Å². The van der Waals surface area contributed by atoms with E-state index in [4.69, 9.17) is 10.00 Å². The average Bonchev–Trinajstić information content (AvgIpc) is 2.78. The molecule has 0 aliphatic rings. The summed E-state index contributed by atoms with van der Waals surface area (Å²) < 4.78 is 5.22. The third-order valence-corrected chi connectivity index (χ3v) is 4.66. The Labute approximate surface area is 189 Å². The minimum Gasteiger partial charge on any atom is -0.463 e. The number of carbonyl (C=O) groups excluding carboxylic acids is 3. The lowest BCUT2D eigenvalue weighted by Crippen LogP contribution is -2.34. The number of ether oxygens (including phenoxy) is 1. The van der Waals surface area contributed by atoms with Gasteiger partial charge in [-0.3, -0.25) is 14.4 Å². The number of benzene rings is 2. The Balaban J connectivity index is 2.01. The highest BCUT2D eigenvalue weighted by atomic mass is 16.5. The first kappa shape index (κ1) is 24.6. The Morgan fingerprint density at radius 1 is 1.00 bits per heavy atom. The van der Waals surface area contributed by atoms with Gasteiger partial charge in [0.2, 0.25) is 11.8 Å². The van der Waals surface area contributed by atoms with Gasteiger partial charge in [0.1, 0.15) is 0 Å². The lowest BCUT2D eigenvalue weighted by Gasteiger charge is -2.22. The fourth-order valence-electron chi connectivity index (χ4n) is 3.20. The predicted octanol–water partition coefficient (Wildman–Crippen LogP) is 3.91. The minimum absolute atomic E-state index is 0.000188. The molecule has 2 rings (SSSR count). The maximum absolute atomic E-state index is 12.8. The Morgan fingerprint density at radius 3 is 2.22 bits per heavy atom. The molecule has 0 saturated carbocycles. The molecule has 1 atom stereocenters. The molecule has 2 amide bonds. The second-order valence-electron chi connectivity index (χ2n) is 7.56. The number of hydrogen-bond acceptors (Lipinski definition) is 5. The van der Waals surface area contributed by atoms with E-state index in [1.807, 2.05) is 54.6 Å². The highest BCUT2D eigenvalue weighted by Crippen LogP contribution is 2.19. The van der Waals surface area contributed by atoms with E-state index in [9.17, 15) is 14.4 Å². The van der Waals surface area contributed by atoms with E-state index in [-0.39, 0.29) is 50.1 Å². The van der Waals surface area contributed by atoms with Crippen LogP contribution in [-0.2, 0) is 19.1 Å². The molecule has 0 aromatic heterocycles. The SMILES string of the molecule is CC(C)OC(=O)CC(NC(=O)CCC(=O)N(CCC#N)c1ccccc1)c1ccccc1. The number of nitriles is 1. The molecule has 0 fully saturated rings. The zero-order valence-corrected chi connectivity index (χ0v) is 18.5. The molecule has 7 heteroatoms. The standard InChI is InChI=1S/C25H29N3O4/c1-19(2)32-25(31)18-22(20-10-5-3-6-11-20)27-23(29)14-15-24(30)28(17-9-16-26)21-12-7-4-8-13-21/h3-8,10-13,19,22H,9,14-15,17-18H2,1-2H3,(H,27,29). The zero-order valence-electron chi connectivity index (χ0n) is 18.5. The molecule has 0 radical (unpaired) electrons. The monoisotopic (exact) mass is 435 g/mol. The van der Waals surface area contributed by atoms with Crippen LogP contribution in [-0.4, -0.2) is 30.4 Å². The molecule has 0 spiro atoms. The van der Waals surface area contributed by atoms with Gasteiger partial charge in [0.15, 0.2) is 0 Å². The molecular formula is C25H29N3O4. The normalized spacial score (nSPS) is 11.3. The largest absolute Gasteiger partial charge is 0.463 e. The lowest BCUT2D eigenvalue weighted by atomic mass is 10.0. The number of amides is 2. The van der Waals surface area contributed by atoms with Crippen LogP contribution in [0.1, 0.15) is 51.1 Å². The third-order valence-electron chi connectivity index (χ3n) is 4.66. The van der Waals surface area contributed by atoms with Gasteiger partial charge in [-0.2, -0.15) is 5.26 Å². The van der Waals surface area contributed by atoms with E-state index < -0.39 is 12.0 Å². The highest BCUT2D eigenvalue weighted by molar-refractivity contribution is 5.95. The first-order valence-corrected chi connectivity index (χ1v) is 10.7. The molecule has 7 nitrogen and oxygen atoms in total. The maximum Gasteiger partial charge on any atom is 0.308 e. The van der Waals surface area contributed by atoms with Crippen LogP contribution in [0.5, 0.6) is 0 Å². The van der Waals surface area contributed by atoms with Crippen LogP contribution in [0.2, 0.25) is 0 Å². The number of rotatable bonds is 11. The minimum atomic E-state index is -0.547. The molecule has 1 N–H and O–H groups in total. The summed E-state index contributed by atoms with van der Waals surface area (Å²) in [6.07, 6.45) is -0.0905. The second-order valence-corrected chi connectivity index (χ2v) is 7.56. The van der Waals surface area contributed by atoms with Gasteiger partial charge in [-0.1, -0.05) is 48.5 Å². The average molecular weight is 436 g/mol. The number of esters is 1. The molecule has 2 aromatic rings. The summed E-state index contributed by atoms with van der Waals surface area (Å²) in [6, 6.07) is 19.7. The van der Waals surface area contributed by atoms with Crippen molar-refractivity contribution in [2.75, 3.05) is 11.4 Å². The van der Waals surface area contributed by atoms with Crippen LogP contribution in [0.3, 0.4) is 0 Å². The summed E-state index contributed by atoms with van der Waals surface area (Å²) in [5.41, 5.74) is 1.47. The van der Waals surface area contributed by atoms with Crippen molar-refractivity contribution in [3.8, 4) is 6.07 Å². The lowest BCUT2D eigenvalue weighted by molar-refractivity contribution is -0.148. The van der Waals surface area contributed by atoms with Crippen molar-refractivity contribution in [1.82, 2.24) is 5.32 Å². The number of nitrogens with zero attached hydrogens (tertiary/aromatic N) is 2. The topological polar surface area (TPSA) is 99.5 Å². The molecule has 0 saturated heterocycles. The van der Waals surface area contributed by atoms with Crippen LogP contribution in [0.25, 0.3) is 0 Å². The molecule has 2 aromatic carbocycles. The third kappa shape index (κ3) is 8.23. The van der Waals surface area contributed by atoms with E-state index in [0.29, 0.717) is 5.69 Å². The fourth-order valence-corrected chi connectivity index (χ4v) is 3.20. The number of nitrogens with one attached hydrogen (secondary N) is 1. The molecule has 0 aliphatic carbocycles. The van der Waals surface area contributed by atoms with E-state index in [2.05, 4.69) is 5.32 Å². The van der Waals surface area contributed by atoms with Crippen molar-refractivity contribution in [3.05, 3.63) is 66.2 Å². The summed E-state index contributed by atoms with van der Waals surface area (Å²) in [4.78, 5) is 39.1. The van der Waals surface area contributed by atoms with Crippen molar-refractivity contribution in [2.24, 2.45) is 0 Å². The van der Waals surface area contributed by atoms with Crippen molar-refractivity contribution < 1.29 is 19.1 Å². The molecule has 0 aliphatic heterocycles. The second kappa shape index (κ2) is 12.9. The predicted molar refractivity (Wildman–Crippen MR) is 121 cm³/mol. The van der Waals surface area contributed by atoms with Crippen LogP contribution in [0.15, 0.2) is 60.7 Å².